The highest BCUT2D eigenvalue weighted by Gasteiger charge is 2.63. The summed E-state index contributed by atoms with van der Waals surface area (Å²) in [6, 6.07) is 19.5. The molecule has 1 aliphatic rings. The second kappa shape index (κ2) is 4.50. The first kappa shape index (κ1) is 12.4. The Morgan fingerprint density at radius 2 is 1.58 bits per heavy atom. The van der Waals surface area contributed by atoms with Gasteiger partial charge in [0.1, 0.15) is 0 Å². The lowest BCUT2D eigenvalue weighted by atomic mass is 9.92. The molecule has 0 aromatic heterocycles. The van der Waals surface area contributed by atoms with E-state index in [0.717, 1.165) is 0 Å². The Hall–Kier alpha value is -1.60. The summed E-state index contributed by atoms with van der Waals surface area (Å²) in [6.07, 6.45) is 0.276. The molecule has 98 valence electrons. The van der Waals surface area contributed by atoms with Gasteiger partial charge in [-0.1, -0.05) is 67.1 Å². The van der Waals surface area contributed by atoms with Crippen LogP contribution in [0.4, 0.5) is 0 Å². The molecule has 0 saturated heterocycles. The van der Waals surface area contributed by atoms with E-state index in [1.807, 2.05) is 7.11 Å². The monoisotopic (exact) mass is 252 g/mol. The maximum atomic E-state index is 5.73. The van der Waals surface area contributed by atoms with Gasteiger partial charge >= 0.3 is 0 Å². The van der Waals surface area contributed by atoms with E-state index in [9.17, 15) is 0 Å². The number of hydrogen-bond acceptors (Lipinski definition) is 1. The van der Waals surface area contributed by atoms with Crippen LogP contribution in [0.3, 0.4) is 0 Å². The first-order valence-corrected chi connectivity index (χ1v) is 6.83. The van der Waals surface area contributed by atoms with Crippen LogP contribution in [0.1, 0.15) is 29.5 Å². The van der Waals surface area contributed by atoms with Gasteiger partial charge in [-0.15, -0.1) is 0 Å². The van der Waals surface area contributed by atoms with Crippen molar-refractivity contribution in [3.05, 3.63) is 71.3 Å². The van der Waals surface area contributed by atoms with Gasteiger partial charge in [0.25, 0.3) is 0 Å². The van der Waals surface area contributed by atoms with Crippen molar-refractivity contribution in [2.24, 2.45) is 0 Å². The molecule has 1 heteroatoms. The number of benzene rings is 2. The third-order valence-electron chi connectivity index (χ3n) is 4.52. The standard InChI is InChI=1S/C18H20O/c1-13-9-11-14(12-10-13)16-17(19-3)18(16,2)15-7-5-4-6-8-15/h4-12,16-17H,1-3H3. The third-order valence-corrected chi connectivity index (χ3v) is 4.52. The van der Waals surface area contributed by atoms with Crippen LogP contribution in [-0.4, -0.2) is 13.2 Å². The van der Waals surface area contributed by atoms with Crippen LogP contribution in [0.2, 0.25) is 0 Å². The first-order chi connectivity index (χ1) is 9.17. The minimum Gasteiger partial charge on any atom is -0.380 e. The van der Waals surface area contributed by atoms with E-state index in [-0.39, 0.29) is 11.5 Å². The molecule has 2 aromatic carbocycles. The average Bonchev–Trinajstić information content (AvgIpc) is 3.07. The van der Waals surface area contributed by atoms with E-state index in [0.29, 0.717) is 5.92 Å². The van der Waals surface area contributed by atoms with Gasteiger partial charge in [-0.25, -0.2) is 0 Å². The van der Waals surface area contributed by atoms with E-state index < -0.39 is 0 Å². The van der Waals surface area contributed by atoms with Crippen molar-refractivity contribution in [2.75, 3.05) is 7.11 Å². The summed E-state index contributed by atoms with van der Waals surface area (Å²) < 4.78 is 5.73. The number of ether oxygens (including phenoxy) is 1. The second-order valence-corrected chi connectivity index (χ2v) is 5.69. The molecule has 1 fully saturated rings. The summed E-state index contributed by atoms with van der Waals surface area (Å²) in [5.41, 5.74) is 4.15. The topological polar surface area (TPSA) is 9.23 Å². The largest absolute Gasteiger partial charge is 0.380 e. The van der Waals surface area contributed by atoms with Crippen LogP contribution in [0.5, 0.6) is 0 Å². The third kappa shape index (κ3) is 1.89. The van der Waals surface area contributed by atoms with Gasteiger partial charge in [0.15, 0.2) is 0 Å². The van der Waals surface area contributed by atoms with E-state index in [2.05, 4.69) is 68.4 Å². The van der Waals surface area contributed by atoms with Crippen LogP contribution < -0.4 is 0 Å². The maximum absolute atomic E-state index is 5.73. The van der Waals surface area contributed by atoms with Crippen LogP contribution in [0.15, 0.2) is 54.6 Å². The zero-order valence-corrected chi connectivity index (χ0v) is 11.8. The van der Waals surface area contributed by atoms with Gasteiger partial charge < -0.3 is 4.74 Å². The minimum absolute atomic E-state index is 0.102. The van der Waals surface area contributed by atoms with Crippen molar-refractivity contribution >= 4 is 0 Å². The molecule has 3 unspecified atom stereocenters. The van der Waals surface area contributed by atoms with Crippen molar-refractivity contribution in [2.45, 2.75) is 31.3 Å². The average molecular weight is 252 g/mol. The predicted molar refractivity (Wildman–Crippen MR) is 78.5 cm³/mol. The maximum Gasteiger partial charge on any atom is 0.0749 e. The molecule has 0 heterocycles. The molecule has 0 amide bonds. The molecule has 1 nitrogen and oxygen atoms in total. The van der Waals surface area contributed by atoms with E-state index in [4.69, 9.17) is 4.74 Å². The Labute approximate surface area is 115 Å². The molecular weight excluding hydrogens is 232 g/mol. The summed E-state index contributed by atoms with van der Waals surface area (Å²) in [7, 11) is 1.82. The van der Waals surface area contributed by atoms with Crippen molar-refractivity contribution < 1.29 is 4.74 Å². The summed E-state index contributed by atoms with van der Waals surface area (Å²) in [6.45, 7) is 4.43. The van der Waals surface area contributed by atoms with E-state index in [1.54, 1.807) is 0 Å². The minimum atomic E-state index is 0.102. The van der Waals surface area contributed by atoms with E-state index in [1.165, 1.54) is 16.7 Å². The molecule has 0 bridgehead atoms. The summed E-state index contributed by atoms with van der Waals surface area (Å²) in [5, 5.41) is 0. The molecule has 0 spiro atoms. The lowest BCUT2D eigenvalue weighted by Gasteiger charge is -2.12. The highest BCUT2D eigenvalue weighted by atomic mass is 16.5. The fourth-order valence-corrected chi connectivity index (χ4v) is 3.29. The molecular formula is C18H20O. The number of methoxy groups -OCH3 is 1. The Balaban J connectivity index is 1.97. The zero-order valence-electron chi connectivity index (χ0n) is 11.8. The predicted octanol–water partition coefficient (Wildman–Crippen LogP) is 4.07. The van der Waals surface area contributed by atoms with Crippen LogP contribution in [0, 0.1) is 6.92 Å². The Morgan fingerprint density at radius 1 is 0.947 bits per heavy atom. The SMILES string of the molecule is COC1C(c2ccc(C)cc2)C1(C)c1ccccc1. The van der Waals surface area contributed by atoms with Gasteiger partial charge in [0.05, 0.1) is 6.10 Å². The van der Waals surface area contributed by atoms with Gasteiger partial charge in [-0.05, 0) is 18.1 Å². The Bertz CT molecular complexity index is 558. The summed E-state index contributed by atoms with van der Waals surface area (Å²) in [5.74, 6) is 0.459. The molecule has 1 aliphatic carbocycles. The quantitative estimate of drug-likeness (QED) is 0.800. The fourth-order valence-electron chi connectivity index (χ4n) is 3.29. The van der Waals surface area contributed by atoms with Gasteiger partial charge in [-0.3, -0.25) is 0 Å². The van der Waals surface area contributed by atoms with Gasteiger partial charge in [0.2, 0.25) is 0 Å². The molecule has 2 aromatic rings. The molecule has 3 atom stereocenters. The highest BCUT2D eigenvalue weighted by molar-refractivity contribution is 5.47. The Kier molecular flexibility index (Phi) is 2.94. The lowest BCUT2D eigenvalue weighted by Crippen LogP contribution is -2.08. The number of aryl methyl sites for hydroxylation is 1. The molecule has 0 N–H and O–H groups in total. The smallest absolute Gasteiger partial charge is 0.0749 e. The van der Waals surface area contributed by atoms with Crippen molar-refractivity contribution in [3.8, 4) is 0 Å². The molecule has 0 radical (unpaired) electrons. The Morgan fingerprint density at radius 3 is 2.16 bits per heavy atom. The van der Waals surface area contributed by atoms with Gasteiger partial charge in [0, 0.05) is 18.4 Å². The summed E-state index contributed by atoms with van der Waals surface area (Å²) in [4.78, 5) is 0. The van der Waals surface area contributed by atoms with Gasteiger partial charge in [-0.2, -0.15) is 0 Å². The van der Waals surface area contributed by atoms with Crippen LogP contribution >= 0.6 is 0 Å². The molecule has 19 heavy (non-hydrogen) atoms. The lowest BCUT2D eigenvalue weighted by molar-refractivity contribution is 0.161. The normalized spacial score (nSPS) is 29.2. The zero-order chi connectivity index (χ0) is 13.5. The van der Waals surface area contributed by atoms with Crippen LogP contribution in [0.25, 0.3) is 0 Å². The summed E-state index contributed by atoms with van der Waals surface area (Å²) >= 11 is 0. The second-order valence-electron chi connectivity index (χ2n) is 5.69. The van der Waals surface area contributed by atoms with Crippen molar-refractivity contribution in [3.63, 3.8) is 0 Å². The number of hydrogen-bond donors (Lipinski definition) is 0. The first-order valence-electron chi connectivity index (χ1n) is 6.83. The highest BCUT2D eigenvalue weighted by Crippen LogP contribution is 2.61. The molecule has 1 saturated carbocycles. The molecule has 0 aliphatic heterocycles. The van der Waals surface area contributed by atoms with Crippen molar-refractivity contribution in [1.82, 2.24) is 0 Å². The van der Waals surface area contributed by atoms with Crippen molar-refractivity contribution in [1.29, 1.82) is 0 Å². The van der Waals surface area contributed by atoms with E-state index >= 15 is 0 Å². The molecule has 3 rings (SSSR count). The van der Waals surface area contributed by atoms with Crippen LogP contribution in [-0.2, 0) is 10.2 Å². The fraction of sp³-hybridized carbons (Fsp3) is 0.333. The number of rotatable bonds is 3.